The van der Waals surface area contributed by atoms with Gasteiger partial charge in [-0.15, -0.1) is 0 Å². The Balaban J connectivity index is 2.83. The van der Waals surface area contributed by atoms with Gasteiger partial charge in [-0.3, -0.25) is 4.79 Å². The number of anilines is 1. The maximum atomic E-state index is 11.6. The van der Waals surface area contributed by atoms with Crippen LogP contribution in [0.3, 0.4) is 0 Å². The van der Waals surface area contributed by atoms with Crippen LogP contribution < -0.4 is 10.7 Å². The van der Waals surface area contributed by atoms with Crippen LogP contribution in [0.1, 0.15) is 5.56 Å². The van der Waals surface area contributed by atoms with Gasteiger partial charge in [0.05, 0.1) is 5.39 Å². The molecule has 0 saturated heterocycles. The van der Waals surface area contributed by atoms with Gasteiger partial charge >= 0.3 is 0 Å². The molecule has 2 rings (SSSR count). The maximum absolute atomic E-state index is 11.6. The topological polar surface area (TPSA) is 42.2 Å². The smallest absolute Gasteiger partial charge is 0.197 e. The SMILES string of the molecule is CNc1cc(=O)c2cc(C)ccc2o1. The summed E-state index contributed by atoms with van der Waals surface area (Å²) in [6.45, 7) is 1.95. The maximum Gasteiger partial charge on any atom is 0.197 e. The number of fused-ring (bicyclic) bond motifs is 1. The van der Waals surface area contributed by atoms with Crippen molar-refractivity contribution in [2.45, 2.75) is 6.92 Å². The molecule has 0 unspecified atom stereocenters. The van der Waals surface area contributed by atoms with Gasteiger partial charge in [0, 0.05) is 13.1 Å². The molecule has 0 bridgehead atoms. The first-order valence-electron chi connectivity index (χ1n) is 4.43. The number of hydrogen-bond acceptors (Lipinski definition) is 3. The van der Waals surface area contributed by atoms with E-state index < -0.39 is 0 Å². The van der Waals surface area contributed by atoms with Crippen molar-refractivity contribution >= 4 is 16.9 Å². The summed E-state index contributed by atoms with van der Waals surface area (Å²) >= 11 is 0. The van der Waals surface area contributed by atoms with Crippen molar-refractivity contribution < 1.29 is 4.42 Å². The van der Waals surface area contributed by atoms with Gasteiger partial charge in [0.1, 0.15) is 5.58 Å². The minimum Gasteiger partial charge on any atom is -0.441 e. The second kappa shape index (κ2) is 3.18. The highest BCUT2D eigenvalue weighted by atomic mass is 16.3. The lowest BCUT2D eigenvalue weighted by Crippen LogP contribution is -2.02. The molecule has 0 amide bonds. The van der Waals surface area contributed by atoms with Crippen LogP contribution in [0.15, 0.2) is 33.5 Å². The highest BCUT2D eigenvalue weighted by Gasteiger charge is 2.02. The summed E-state index contributed by atoms with van der Waals surface area (Å²) in [5.74, 6) is 0.492. The van der Waals surface area contributed by atoms with Gasteiger partial charge in [-0.2, -0.15) is 0 Å². The summed E-state index contributed by atoms with van der Waals surface area (Å²) in [4.78, 5) is 11.6. The quantitative estimate of drug-likeness (QED) is 0.747. The van der Waals surface area contributed by atoms with Gasteiger partial charge in [-0.05, 0) is 19.1 Å². The molecule has 0 spiro atoms. The van der Waals surface area contributed by atoms with Crippen LogP contribution in [0.2, 0.25) is 0 Å². The fourth-order valence-electron chi connectivity index (χ4n) is 1.39. The first-order chi connectivity index (χ1) is 6.70. The summed E-state index contributed by atoms with van der Waals surface area (Å²) in [6, 6.07) is 7.03. The molecule has 0 saturated carbocycles. The normalized spacial score (nSPS) is 10.4. The lowest BCUT2D eigenvalue weighted by Gasteiger charge is -2.01. The Labute approximate surface area is 81.4 Å². The van der Waals surface area contributed by atoms with Gasteiger partial charge in [0.2, 0.25) is 0 Å². The number of hydrogen-bond donors (Lipinski definition) is 1. The Hall–Kier alpha value is -1.77. The molecule has 2 aromatic rings. The van der Waals surface area contributed by atoms with Gasteiger partial charge < -0.3 is 9.73 Å². The Morgan fingerprint density at radius 2 is 2.07 bits per heavy atom. The second-order valence-electron chi connectivity index (χ2n) is 3.22. The third-order valence-electron chi connectivity index (χ3n) is 2.13. The van der Waals surface area contributed by atoms with E-state index in [9.17, 15) is 4.79 Å². The molecule has 1 aromatic carbocycles. The zero-order valence-corrected chi connectivity index (χ0v) is 8.13. The second-order valence-corrected chi connectivity index (χ2v) is 3.22. The van der Waals surface area contributed by atoms with E-state index in [1.807, 2.05) is 25.1 Å². The fraction of sp³-hybridized carbons (Fsp3) is 0.182. The molecule has 0 fully saturated rings. The molecule has 1 N–H and O–H groups in total. The van der Waals surface area contributed by atoms with Crippen LogP contribution in [0.25, 0.3) is 11.0 Å². The van der Waals surface area contributed by atoms with Crippen LogP contribution in [0.4, 0.5) is 5.88 Å². The average Bonchev–Trinajstić information content (AvgIpc) is 2.19. The Kier molecular flexibility index (Phi) is 2.00. The molecule has 0 radical (unpaired) electrons. The number of aryl methyl sites for hydroxylation is 1. The van der Waals surface area contributed by atoms with Crippen LogP contribution in [-0.2, 0) is 0 Å². The summed E-state index contributed by atoms with van der Waals surface area (Å²) in [6.07, 6.45) is 0. The number of nitrogens with one attached hydrogen (secondary N) is 1. The van der Waals surface area contributed by atoms with Crippen LogP contribution in [0.5, 0.6) is 0 Å². The monoisotopic (exact) mass is 189 g/mol. The summed E-state index contributed by atoms with van der Waals surface area (Å²) < 4.78 is 5.44. The molecule has 0 aliphatic carbocycles. The first kappa shape index (κ1) is 8.81. The lowest BCUT2D eigenvalue weighted by molar-refractivity contribution is 0.619. The van der Waals surface area contributed by atoms with Crippen molar-refractivity contribution in [2.75, 3.05) is 12.4 Å². The number of benzene rings is 1. The molecule has 72 valence electrons. The molecule has 0 aliphatic rings. The zero-order valence-electron chi connectivity index (χ0n) is 8.13. The highest BCUT2D eigenvalue weighted by Crippen LogP contribution is 2.16. The van der Waals surface area contributed by atoms with E-state index in [1.165, 1.54) is 6.07 Å². The van der Waals surface area contributed by atoms with E-state index >= 15 is 0 Å². The van der Waals surface area contributed by atoms with E-state index in [2.05, 4.69) is 5.32 Å². The molecule has 0 aliphatic heterocycles. The predicted octanol–water partition coefficient (Wildman–Crippen LogP) is 2.14. The van der Waals surface area contributed by atoms with Gasteiger partial charge in [0.25, 0.3) is 0 Å². The molecule has 14 heavy (non-hydrogen) atoms. The summed E-state index contributed by atoms with van der Waals surface area (Å²) in [7, 11) is 1.72. The zero-order chi connectivity index (χ0) is 10.1. The average molecular weight is 189 g/mol. The fourth-order valence-corrected chi connectivity index (χ4v) is 1.39. The highest BCUT2D eigenvalue weighted by molar-refractivity contribution is 5.78. The molecule has 3 heteroatoms. The number of rotatable bonds is 1. The van der Waals surface area contributed by atoms with Crippen LogP contribution >= 0.6 is 0 Å². The third kappa shape index (κ3) is 1.37. The Bertz CT molecular complexity index is 528. The molecule has 1 heterocycles. The molecular formula is C11H11NO2. The summed E-state index contributed by atoms with van der Waals surface area (Å²) in [5, 5.41) is 3.44. The lowest BCUT2D eigenvalue weighted by atomic mass is 10.1. The van der Waals surface area contributed by atoms with Gasteiger partial charge in [0.15, 0.2) is 11.3 Å². The summed E-state index contributed by atoms with van der Waals surface area (Å²) in [5.41, 5.74) is 1.66. The molecular weight excluding hydrogens is 178 g/mol. The van der Waals surface area contributed by atoms with E-state index in [0.29, 0.717) is 16.9 Å². The minimum atomic E-state index is -0.0145. The van der Waals surface area contributed by atoms with Crippen LogP contribution in [-0.4, -0.2) is 7.05 Å². The van der Waals surface area contributed by atoms with Crippen molar-refractivity contribution in [3.8, 4) is 0 Å². The largest absolute Gasteiger partial charge is 0.441 e. The van der Waals surface area contributed by atoms with E-state index in [-0.39, 0.29) is 5.43 Å². The van der Waals surface area contributed by atoms with Crippen molar-refractivity contribution in [3.63, 3.8) is 0 Å². The Morgan fingerprint density at radius 3 is 2.79 bits per heavy atom. The van der Waals surface area contributed by atoms with Crippen molar-refractivity contribution in [3.05, 3.63) is 40.1 Å². The van der Waals surface area contributed by atoms with Crippen molar-refractivity contribution in [1.29, 1.82) is 0 Å². The van der Waals surface area contributed by atoms with Crippen molar-refractivity contribution in [2.24, 2.45) is 0 Å². The minimum absolute atomic E-state index is 0.0145. The van der Waals surface area contributed by atoms with E-state index in [1.54, 1.807) is 7.05 Å². The van der Waals surface area contributed by atoms with Gasteiger partial charge in [-0.1, -0.05) is 11.6 Å². The van der Waals surface area contributed by atoms with Crippen molar-refractivity contribution in [1.82, 2.24) is 0 Å². The molecule has 1 aromatic heterocycles. The predicted molar refractivity (Wildman–Crippen MR) is 56.8 cm³/mol. The first-order valence-corrected chi connectivity index (χ1v) is 4.43. The molecule has 3 nitrogen and oxygen atoms in total. The third-order valence-corrected chi connectivity index (χ3v) is 2.13. The standard InChI is InChI=1S/C11H11NO2/c1-7-3-4-10-8(5-7)9(13)6-11(12-2)14-10/h3-6,12H,1-2H3. The Morgan fingerprint density at radius 1 is 1.29 bits per heavy atom. The van der Waals surface area contributed by atoms with Crippen LogP contribution in [0, 0.1) is 6.92 Å². The molecule has 0 atom stereocenters. The van der Waals surface area contributed by atoms with E-state index in [4.69, 9.17) is 4.42 Å². The van der Waals surface area contributed by atoms with E-state index in [0.717, 1.165) is 5.56 Å². The van der Waals surface area contributed by atoms with Gasteiger partial charge in [-0.25, -0.2) is 0 Å².